The standard InChI is InChI=1S/C13H17BrN4/c1-10(14)11-3-7-17(8-4-11)13-12-2-5-16-18(12)9-6-15-13/h2,5-6,9-11H,3-4,7-8H2,1H3. The number of hydrogen-bond donors (Lipinski definition) is 0. The van der Waals surface area contributed by atoms with Gasteiger partial charge in [0.25, 0.3) is 0 Å². The summed E-state index contributed by atoms with van der Waals surface area (Å²) >= 11 is 3.70. The van der Waals surface area contributed by atoms with Crippen molar-refractivity contribution in [1.82, 2.24) is 14.6 Å². The third kappa shape index (κ3) is 2.11. The van der Waals surface area contributed by atoms with Crippen molar-refractivity contribution in [2.45, 2.75) is 24.6 Å². The number of rotatable bonds is 2. The van der Waals surface area contributed by atoms with Crippen LogP contribution in [-0.2, 0) is 0 Å². The first-order valence-corrected chi connectivity index (χ1v) is 7.34. The minimum Gasteiger partial charge on any atom is -0.355 e. The summed E-state index contributed by atoms with van der Waals surface area (Å²) in [6.07, 6.45) is 8.00. The van der Waals surface area contributed by atoms with Gasteiger partial charge in [0.2, 0.25) is 0 Å². The predicted molar refractivity (Wildman–Crippen MR) is 76.3 cm³/mol. The molecule has 0 aromatic carbocycles. The van der Waals surface area contributed by atoms with Crippen LogP contribution in [0.4, 0.5) is 5.82 Å². The summed E-state index contributed by atoms with van der Waals surface area (Å²) in [6.45, 7) is 4.41. The van der Waals surface area contributed by atoms with E-state index in [2.05, 4.69) is 37.8 Å². The zero-order valence-corrected chi connectivity index (χ0v) is 12.0. The van der Waals surface area contributed by atoms with Gasteiger partial charge < -0.3 is 4.90 Å². The number of aromatic nitrogens is 3. The Bertz CT molecular complexity index is 529. The van der Waals surface area contributed by atoms with Crippen molar-refractivity contribution in [3.8, 4) is 0 Å². The van der Waals surface area contributed by atoms with E-state index in [1.165, 1.54) is 12.8 Å². The van der Waals surface area contributed by atoms with Gasteiger partial charge in [-0.1, -0.05) is 22.9 Å². The summed E-state index contributed by atoms with van der Waals surface area (Å²) in [6, 6.07) is 2.03. The average molecular weight is 309 g/mol. The third-order valence-electron chi connectivity index (χ3n) is 3.79. The summed E-state index contributed by atoms with van der Waals surface area (Å²) in [7, 11) is 0. The Morgan fingerprint density at radius 1 is 1.33 bits per heavy atom. The quantitative estimate of drug-likeness (QED) is 0.800. The first-order valence-electron chi connectivity index (χ1n) is 6.43. The van der Waals surface area contributed by atoms with E-state index in [0.717, 1.165) is 30.3 Å². The maximum atomic E-state index is 4.53. The number of fused-ring (bicyclic) bond motifs is 1. The highest BCUT2D eigenvalue weighted by Crippen LogP contribution is 2.28. The number of nitrogens with zero attached hydrogens (tertiary/aromatic N) is 4. The zero-order valence-electron chi connectivity index (χ0n) is 10.5. The van der Waals surface area contributed by atoms with Crippen LogP contribution in [0.5, 0.6) is 0 Å². The summed E-state index contributed by atoms with van der Waals surface area (Å²) in [5.74, 6) is 1.85. The van der Waals surface area contributed by atoms with E-state index in [-0.39, 0.29) is 0 Å². The van der Waals surface area contributed by atoms with E-state index in [4.69, 9.17) is 0 Å². The Balaban J connectivity index is 1.82. The van der Waals surface area contributed by atoms with Gasteiger partial charge in [-0.3, -0.25) is 0 Å². The molecule has 3 heterocycles. The molecule has 1 atom stereocenters. The summed E-state index contributed by atoms with van der Waals surface area (Å²) in [5, 5.41) is 4.26. The lowest BCUT2D eigenvalue weighted by molar-refractivity contribution is 0.406. The van der Waals surface area contributed by atoms with Crippen molar-refractivity contribution in [2.75, 3.05) is 18.0 Å². The highest BCUT2D eigenvalue weighted by atomic mass is 79.9. The van der Waals surface area contributed by atoms with Gasteiger partial charge in [-0.25, -0.2) is 9.50 Å². The minimum atomic E-state index is 0.610. The van der Waals surface area contributed by atoms with Gasteiger partial charge in [-0.05, 0) is 24.8 Å². The summed E-state index contributed by atoms with van der Waals surface area (Å²) in [4.78, 5) is 7.51. The van der Waals surface area contributed by atoms with Crippen molar-refractivity contribution in [1.29, 1.82) is 0 Å². The normalized spacial score (nSPS) is 19.3. The first-order chi connectivity index (χ1) is 8.75. The molecule has 4 nitrogen and oxygen atoms in total. The van der Waals surface area contributed by atoms with Crippen LogP contribution in [-0.4, -0.2) is 32.5 Å². The maximum absolute atomic E-state index is 4.53. The molecule has 1 aliphatic rings. The van der Waals surface area contributed by atoms with Crippen LogP contribution in [0.3, 0.4) is 0 Å². The Labute approximate surface area is 115 Å². The smallest absolute Gasteiger partial charge is 0.154 e. The molecule has 0 amide bonds. The molecule has 2 aromatic rings. The predicted octanol–water partition coefficient (Wildman–Crippen LogP) is 2.73. The molecule has 0 spiro atoms. The van der Waals surface area contributed by atoms with Gasteiger partial charge in [0.15, 0.2) is 5.82 Å². The molecule has 0 radical (unpaired) electrons. The number of halogens is 1. The fourth-order valence-electron chi connectivity index (χ4n) is 2.66. The van der Waals surface area contributed by atoms with Gasteiger partial charge in [0, 0.05) is 30.3 Å². The molecule has 0 N–H and O–H groups in total. The average Bonchev–Trinajstić information content (AvgIpc) is 2.87. The molecule has 2 aromatic heterocycles. The van der Waals surface area contributed by atoms with E-state index in [1.54, 1.807) is 0 Å². The topological polar surface area (TPSA) is 33.4 Å². The number of piperidine rings is 1. The van der Waals surface area contributed by atoms with Crippen LogP contribution in [0, 0.1) is 5.92 Å². The highest BCUT2D eigenvalue weighted by Gasteiger charge is 2.24. The van der Waals surface area contributed by atoms with E-state index in [1.807, 2.05) is 29.2 Å². The molecule has 1 saturated heterocycles. The van der Waals surface area contributed by atoms with Crippen molar-refractivity contribution in [3.05, 3.63) is 24.7 Å². The monoisotopic (exact) mass is 308 g/mol. The van der Waals surface area contributed by atoms with E-state index >= 15 is 0 Å². The lowest BCUT2D eigenvalue weighted by atomic mass is 9.94. The van der Waals surface area contributed by atoms with Crippen molar-refractivity contribution in [3.63, 3.8) is 0 Å². The molecule has 0 saturated carbocycles. The largest absolute Gasteiger partial charge is 0.355 e. The van der Waals surface area contributed by atoms with Crippen LogP contribution in [0.15, 0.2) is 24.7 Å². The molecule has 1 fully saturated rings. The Kier molecular flexibility index (Phi) is 3.24. The van der Waals surface area contributed by atoms with Crippen molar-refractivity contribution < 1.29 is 0 Å². The number of anilines is 1. The summed E-state index contributed by atoms with van der Waals surface area (Å²) in [5.41, 5.74) is 1.10. The number of alkyl halides is 1. The van der Waals surface area contributed by atoms with Crippen LogP contribution < -0.4 is 4.90 Å². The molecule has 0 bridgehead atoms. The van der Waals surface area contributed by atoms with Crippen LogP contribution in [0.1, 0.15) is 19.8 Å². The second-order valence-electron chi connectivity index (χ2n) is 4.91. The van der Waals surface area contributed by atoms with Crippen LogP contribution in [0.25, 0.3) is 5.52 Å². The maximum Gasteiger partial charge on any atom is 0.154 e. The molecule has 1 unspecified atom stereocenters. The van der Waals surface area contributed by atoms with Gasteiger partial charge in [0.1, 0.15) is 5.52 Å². The second kappa shape index (κ2) is 4.88. The molecule has 0 aliphatic carbocycles. The minimum absolute atomic E-state index is 0.610. The molecule has 3 rings (SSSR count). The highest BCUT2D eigenvalue weighted by molar-refractivity contribution is 9.09. The van der Waals surface area contributed by atoms with E-state index < -0.39 is 0 Å². The Morgan fingerprint density at radius 2 is 2.11 bits per heavy atom. The van der Waals surface area contributed by atoms with Crippen molar-refractivity contribution in [2.24, 2.45) is 5.92 Å². The SMILES string of the molecule is CC(Br)C1CCN(c2nccn3nccc23)CC1. The molecule has 96 valence electrons. The van der Waals surface area contributed by atoms with Crippen LogP contribution in [0.2, 0.25) is 0 Å². The molecular weight excluding hydrogens is 292 g/mol. The lowest BCUT2D eigenvalue weighted by Crippen LogP contribution is -2.36. The summed E-state index contributed by atoms with van der Waals surface area (Å²) < 4.78 is 1.89. The fraction of sp³-hybridized carbons (Fsp3) is 0.538. The van der Waals surface area contributed by atoms with Crippen molar-refractivity contribution >= 4 is 27.3 Å². The second-order valence-corrected chi connectivity index (χ2v) is 6.36. The Hall–Kier alpha value is -1.10. The number of hydrogen-bond acceptors (Lipinski definition) is 3. The van der Waals surface area contributed by atoms with Gasteiger partial charge in [-0.2, -0.15) is 5.10 Å². The lowest BCUT2D eigenvalue weighted by Gasteiger charge is -2.34. The first kappa shape index (κ1) is 12.0. The third-order valence-corrected chi connectivity index (χ3v) is 4.54. The van der Waals surface area contributed by atoms with Crippen LogP contribution >= 0.6 is 15.9 Å². The van der Waals surface area contributed by atoms with Gasteiger partial charge in [0.05, 0.1) is 6.20 Å². The molecule has 18 heavy (non-hydrogen) atoms. The molecular formula is C13H17BrN4. The molecule has 5 heteroatoms. The van der Waals surface area contributed by atoms with E-state index in [9.17, 15) is 0 Å². The van der Waals surface area contributed by atoms with Gasteiger partial charge in [-0.15, -0.1) is 0 Å². The molecule has 1 aliphatic heterocycles. The Morgan fingerprint density at radius 3 is 2.83 bits per heavy atom. The van der Waals surface area contributed by atoms with E-state index in [0.29, 0.717) is 4.83 Å². The zero-order chi connectivity index (χ0) is 12.5. The fourth-order valence-corrected chi connectivity index (χ4v) is 3.19. The van der Waals surface area contributed by atoms with Gasteiger partial charge >= 0.3 is 0 Å².